The van der Waals surface area contributed by atoms with E-state index in [1.165, 1.54) is 0 Å². The van der Waals surface area contributed by atoms with Crippen molar-refractivity contribution in [3.8, 4) is 0 Å². The van der Waals surface area contributed by atoms with Crippen LogP contribution in [-0.4, -0.2) is 79.2 Å². The molecule has 0 saturated carbocycles. The van der Waals surface area contributed by atoms with Crippen molar-refractivity contribution in [1.29, 1.82) is 0 Å². The molecule has 3 aliphatic heterocycles. The zero-order chi connectivity index (χ0) is 17.1. The van der Waals surface area contributed by atoms with Gasteiger partial charge in [-0.3, -0.25) is 9.69 Å². The summed E-state index contributed by atoms with van der Waals surface area (Å²) >= 11 is 0. The molecule has 4 rings (SSSR count). The highest BCUT2D eigenvalue weighted by atomic mass is 16.5. The minimum absolute atomic E-state index is 0.110. The van der Waals surface area contributed by atoms with Crippen LogP contribution in [0.2, 0.25) is 0 Å². The van der Waals surface area contributed by atoms with Crippen molar-refractivity contribution >= 4 is 11.7 Å². The first-order valence-electron chi connectivity index (χ1n) is 9.28. The minimum Gasteiger partial charge on any atom is -0.379 e. The zero-order valence-electron chi connectivity index (χ0n) is 14.6. The van der Waals surface area contributed by atoms with E-state index >= 15 is 0 Å². The number of morpholine rings is 1. The molecule has 25 heavy (non-hydrogen) atoms. The van der Waals surface area contributed by atoms with Crippen molar-refractivity contribution in [1.82, 2.24) is 14.8 Å². The predicted octanol–water partition coefficient (Wildman–Crippen LogP) is 1.39. The quantitative estimate of drug-likeness (QED) is 0.777. The molecule has 6 nitrogen and oxygen atoms in total. The molecule has 6 heteroatoms. The Labute approximate surface area is 149 Å². The molecule has 1 amide bonds. The van der Waals surface area contributed by atoms with Gasteiger partial charge < -0.3 is 14.5 Å². The molecule has 0 radical (unpaired) electrons. The monoisotopic (exact) mass is 342 g/mol. The number of ether oxygens (including phenoxy) is 1. The van der Waals surface area contributed by atoms with Gasteiger partial charge in [0.15, 0.2) is 0 Å². The summed E-state index contributed by atoms with van der Waals surface area (Å²) in [7, 11) is 0. The van der Waals surface area contributed by atoms with Crippen molar-refractivity contribution < 1.29 is 9.53 Å². The van der Waals surface area contributed by atoms with Gasteiger partial charge in [0.25, 0.3) is 5.91 Å². The number of carbonyl (C=O) groups is 1. The molecular formula is C19H26N4O2. The van der Waals surface area contributed by atoms with Crippen LogP contribution < -0.4 is 4.90 Å². The van der Waals surface area contributed by atoms with Gasteiger partial charge in [-0.05, 0) is 25.0 Å². The number of hydrogen-bond donors (Lipinski definition) is 0. The summed E-state index contributed by atoms with van der Waals surface area (Å²) < 4.78 is 5.43. The Morgan fingerprint density at radius 1 is 1.04 bits per heavy atom. The second-order valence-electron chi connectivity index (χ2n) is 6.95. The first-order chi connectivity index (χ1) is 12.3. The van der Waals surface area contributed by atoms with Gasteiger partial charge in [-0.2, -0.15) is 0 Å². The second-order valence-corrected chi connectivity index (χ2v) is 6.95. The van der Waals surface area contributed by atoms with Crippen LogP contribution in [0, 0.1) is 0 Å². The molecule has 0 bridgehead atoms. The van der Waals surface area contributed by atoms with Crippen LogP contribution in [0.25, 0.3) is 0 Å². The third-order valence-corrected chi connectivity index (χ3v) is 5.45. The fourth-order valence-corrected chi connectivity index (χ4v) is 3.92. The number of pyridine rings is 1. The summed E-state index contributed by atoms with van der Waals surface area (Å²) in [6, 6.07) is 4.47. The standard InChI is InChI=1S/C19H26N4O2/c24-19(16-3-4-18(20-15-16)22-7-1-2-8-22)23-9-5-17(6-10-23)21-11-13-25-14-12-21/h1-4,15,17H,5-14H2. The van der Waals surface area contributed by atoms with Crippen LogP contribution in [0.1, 0.15) is 23.2 Å². The molecular weight excluding hydrogens is 316 g/mol. The Kier molecular flexibility index (Phi) is 4.99. The van der Waals surface area contributed by atoms with Gasteiger partial charge in [-0.25, -0.2) is 4.98 Å². The summed E-state index contributed by atoms with van der Waals surface area (Å²) in [4.78, 5) is 23.9. The number of carbonyl (C=O) groups excluding carboxylic acids is 1. The number of anilines is 1. The van der Waals surface area contributed by atoms with E-state index < -0.39 is 0 Å². The molecule has 0 unspecified atom stereocenters. The van der Waals surface area contributed by atoms with E-state index in [4.69, 9.17) is 4.74 Å². The first kappa shape index (κ1) is 16.5. The molecule has 4 heterocycles. The lowest BCUT2D eigenvalue weighted by Crippen LogP contribution is -2.50. The highest BCUT2D eigenvalue weighted by Crippen LogP contribution is 2.20. The fourth-order valence-electron chi connectivity index (χ4n) is 3.92. The minimum atomic E-state index is 0.110. The Hall–Kier alpha value is -1.92. The molecule has 0 aliphatic carbocycles. The van der Waals surface area contributed by atoms with Crippen molar-refractivity contribution in [3.63, 3.8) is 0 Å². The normalized spacial score (nSPS) is 22.6. The van der Waals surface area contributed by atoms with Gasteiger partial charge >= 0.3 is 0 Å². The lowest BCUT2D eigenvalue weighted by molar-refractivity contribution is 0.00158. The second kappa shape index (κ2) is 7.54. The van der Waals surface area contributed by atoms with Crippen LogP contribution in [0.3, 0.4) is 0 Å². The predicted molar refractivity (Wildman–Crippen MR) is 96.9 cm³/mol. The summed E-state index contributed by atoms with van der Waals surface area (Å²) in [5, 5.41) is 0. The van der Waals surface area contributed by atoms with Crippen LogP contribution in [0.5, 0.6) is 0 Å². The number of hydrogen-bond acceptors (Lipinski definition) is 5. The molecule has 134 valence electrons. The lowest BCUT2D eigenvalue weighted by atomic mass is 10.0. The van der Waals surface area contributed by atoms with Crippen LogP contribution in [0.15, 0.2) is 30.5 Å². The lowest BCUT2D eigenvalue weighted by Gasteiger charge is -2.40. The number of amides is 1. The van der Waals surface area contributed by atoms with E-state index in [0.717, 1.165) is 71.1 Å². The number of rotatable bonds is 3. The molecule has 0 atom stereocenters. The van der Waals surface area contributed by atoms with Crippen LogP contribution in [0.4, 0.5) is 5.82 Å². The summed E-state index contributed by atoms with van der Waals surface area (Å²) in [5.41, 5.74) is 0.695. The maximum absolute atomic E-state index is 12.7. The van der Waals surface area contributed by atoms with E-state index in [9.17, 15) is 4.79 Å². The summed E-state index contributed by atoms with van der Waals surface area (Å²) in [6.45, 7) is 7.18. The van der Waals surface area contributed by atoms with E-state index in [-0.39, 0.29) is 5.91 Å². The van der Waals surface area contributed by atoms with Crippen molar-refractivity contribution in [2.75, 3.05) is 57.4 Å². The van der Waals surface area contributed by atoms with Gasteiger partial charge in [-0.15, -0.1) is 0 Å². The van der Waals surface area contributed by atoms with Gasteiger partial charge in [0, 0.05) is 51.5 Å². The number of nitrogens with zero attached hydrogens (tertiary/aromatic N) is 4. The maximum atomic E-state index is 12.7. The molecule has 0 aromatic carbocycles. The van der Waals surface area contributed by atoms with Crippen molar-refractivity contribution in [2.45, 2.75) is 18.9 Å². The third-order valence-electron chi connectivity index (χ3n) is 5.45. The average Bonchev–Trinajstić information content (AvgIpc) is 3.23. The average molecular weight is 342 g/mol. The first-order valence-corrected chi connectivity index (χ1v) is 9.28. The molecule has 2 saturated heterocycles. The maximum Gasteiger partial charge on any atom is 0.255 e. The molecule has 1 aromatic heterocycles. The molecule has 0 spiro atoms. The van der Waals surface area contributed by atoms with Gasteiger partial charge in [0.1, 0.15) is 5.82 Å². The highest BCUT2D eigenvalue weighted by Gasteiger charge is 2.28. The van der Waals surface area contributed by atoms with Crippen LogP contribution in [-0.2, 0) is 4.74 Å². The van der Waals surface area contributed by atoms with E-state index in [1.54, 1.807) is 6.20 Å². The molecule has 1 aromatic rings. The van der Waals surface area contributed by atoms with Crippen molar-refractivity contribution in [3.05, 3.63) is 36.0 Å². The SMILES string of the molecule is O=C(c1ccc(N2CC=CC2)nc1)N1CCC(N2CCOCC2)CC1. The number of likely N-dealkylation sites (tertiary alicyclic amines) is 1. The smallest absolute Gasteiger partial charge is 0.255 e. The number of piperidine rings is 1. The largest absolute Gasteiger partial charge is 0.379 e. The summed E-state index contributed by atoms with van der Waals surface area (Å²) in [6.07, 6.45) is 8.11. The van der Waals surface area contributed by atoms with E-state index in [1.807, 2.05) is 17.0 Å². The Morgan fingerprint density at radius 2 is 1.76 bits per heavy atom. The Morgan fingerprint density at radius 3 is 2.40 bits per heavy atom. The molecule has 0 N–H and O–H groups in total. The Bertz CT molecular complexity index is 609. The third kappa shape index (κ3) is 3.70. The number of aromatic nitrogens is 1. The van der Waals surface area contributed by atoms with E-state index in [0.29, 0.717) is 11.6 Å². The van der Waals surface area contributed by atoms with Gasteiger partial charge in [-0.1, -0.05) is 12.2 Å². The van der Waals surface area contributed by atoms with Crippen LogP contribution >= 0.6 is 0 Å². The zero-order valence-corrected chi connectivity index (χ0v) is 14.6. The fraction of sp³-hybridized carbons (Fsp3) is 0.579. The van der Waals surface area contributed by atoms with E-state index in [2.05, 4.69) is 26.9 Å². The summed E-state index contributed by atoms with van der Waals surface area (Å²) in [5.74, 6) is 1.05. The Balaban J connectivity index is 1.32. The molecule has 2 fully saturated rings. The topological polar surface area (TPSA) is 48.9 Å². The van der Waals surface area contributed by atoms with Gasteiger partial charge in [0.05, 0.1) is 18.8 Å². The molecule has 3 aliphatic rings. The highest BCUT2D eigenvalue weighted by molar-refractivity contribution is 5.94. The van der Waals surface area contributed by atoms with Crippen molar-refractivity contribution in [2.24, 2.45) is 0 Å². The van der Waals surface area contributed by atoms with Gasteiger partial charge in [0.2, 0.25) is 0 Å².